The summed E-state index contributed by atoms with van der Waals surface area (Å²) in [6.45, 7) is 0.250. The summed E-state index contributed by atoms with van der Waals surface area (Å²) in [7, 11) is 0. The van der Waals surface area contributed by atoms with Crippen molar-refractivity contribution in [1.29, 1.82) is 0 Å². The molecular formula is C8H7ClN4O3. The Morgan fingerprint density at radius 1 is 1.62 bits per heavy atom. The van der Waals surface area contributed by atoms with E-state index in [9.17, 15) is 10.1 Å². The van der Waals surface area contributed by atoms with Crippen molar-refractivity contribution in [3.8, 4) is 5.75 Å². The topological polar surface area (TPSA) is 101 Å². The van der Waals surface area contributed by atoms with Crippen LogP contribution in [0.1, 0.15) is 0 Å². The lowest BCUT2D eigenvalue weighted by atomic mass is 10.3. The van der Waals surface area contributed by atoms with E-state index in [-0.39, 0.29) is 29.6 Å². The van der Waals surface area contributed by atoms with Gasteiger partial charge in [-0.15, -0.1) is 0 Å². The number of nitro groups is 1. The monoisotopic (exact) mass is 242 g/mol. The highest BCUT2D eigenvalue weighted by Gasteiger charge is 2.10. The van der Waals surface area contributed by atoms with Gasteiger partial charge in [0.1, 0.15) is 5.75 Å². The number of rotatable bonds is 5. The van der Waals surface area contributed by atoms with Gasteiger partial charge in [0.05, 0.1) is 29.2 Å². The second kappa shape index (κ2) is 5.79. The molecule has 0 unspecified atom stereocenters. The fraction of sp³-hybridized carbons (Fsp3) is 0.250. The lowest BCUT2D eigenvalue weighted by Crippen LogP contribution is -2.01. The van der Waals surface area contributed by atoms with Crippen LogP contribution in [0.5, 0.6) is 5.75 Å². The highest BCUT2D eigenvalue weighted by molar-refractivity contribution is 6.32. The smallest absolute Gasteiger partial charge is 0.273 e. The second-order valence-corrected chi connectivity index (χ2v) is 3.08. The molecule has 8 heteroatoms. The minimum atomic E-state index is -0.545. The van der Waals surface area contributed by atoms with Crippen molar-refractivity contribution in [3.05, 3.63) is 43.8 Å². The zero-order valence-electron chi connectivity index (χ0n) is 8.04. The molecule has 0 N–H and O–H groups in total. The summed E-state index contributed by atoms with van der Waals surface area (Å²) in [6.07, 6.45) is 0. The van der Waals surface area contributed by atoms with Crippen LogP contribution in [0.4, 0.5) is 5.69 Å². The van der Waals surface area contributed by atoms with Crippen molar-refractivity contribution in [1.82, 2.24) is 0 Å². The van der Waals surface area contributed by atoms with Gasteiger partial charge in [0.2, 0.25) is 0 Å². The molecule has 0 aromatic heterocycles. The van der Waals surface area contributed by atoms with E-state index in [4.69, 9.17) is 21.9 Å². The molecule has 0 amide bonds. The van der Waals surface area contributed by atoms with Crippen molar-refractivity contribution in [3.63, 3.8) is 0 Å². The Morgan fingerprint density at radius 2 is 2.38 bits per heavy atom. The Kier molecular flexibility index (Phi) is 4.38. The molecule has 0 bridgehead atoms. The van der Waals surface area contributed by atoms with Gasteiger partial charge in [0.25, 0.3) is 5.69 Å². The van der Waals surface area contributed by atoms with Crippen molar-refractivity contribution in [2.24, 2.45) is 5.11 Å². The Hall–Kier alpha value is -1.98. The molecule has 1 aromatic carbocycles. The summed E-state index contributed by atoms with van der Waals surface area (Å²) in [5, 5.41) is 14.0. The molecule has 0 atom stereocenters. The number of non-ortho nitro benzene ring substituents is 1. The number of azide groups is 1. The summed E-state index contributed by atoms with van der Waals surface area (Å²) >= 11 is 5.76. The van der Waals surface area contributed by atoms with Crippen molar-refractivity contribution in [2.45, 2.75) is 0 Å². The lowest BCUT2D eigenvalue weighted by molar-refractivity contribution is -0.384. The first-order valence-electron chi connectivity index (χ1n) is 4.22. The first-order valence-corrected chi connectivity index (χ1v) is 4.60. The standard InChI is InChI=1S/C8H7ClN4O3/c9-7-2-1-6(13(14)15)5-8(7)16-4-3-11-12-10/h1-2,5H,3-4H2. The summed E-state index contributed by atoms with van der Waals surface area (Å²) in [5.74, 6) is 0.198. The van der Waals surface area contributed by atoms with Crippen LogP contribution in [-0.4, -0.2) is 18.1 Å². The molecule has 84 valence electrons. The molecule has 0 spiro atoms. The predicted octanol–water partition coefficient (Wildman–Crippen LogP) is 2.94. The predicted molar refractivity (Wildman–Crippen MR) is 57.6 cm³/mol. The molecule has 0 aliphatic heterocycles. The Labute approximate surface area is 95.4 Å². The molecule has 1 aromatic rings. The van der Waals surface area contributed by atoms with Crippen molar-refractivity contribution < 1.29 is 9.66 Å². The average molecular weight is 243 g/mol. The summed E-state index contributed by atoms with van der Waals surface area (Å²) < 4.78 is 5.13. The van der Waals surface area contributed by atoms with Crippen LogP contribution in [0.3, 0.4) is 0 Å². The summed E-state index contributed by atoms with van der Waals surface area (Å²) in [5.41, 5.74) is 7.91. The molecule has 0 saturated carbocycles. The van der Waals surface area contributed by atoms with Crippen molar-refractivity contribution in [2.75, 3.05) is 13.2 Å². The maximum atomic E-state index is 10.5. The van der Waals surface area contributed by atoms with E-state index in [2.05, 4.69) is 10.0 Å². The fourth-order valence-corrected chi connectivity index (χ4v) is 1.13. The van der Waals surface area contributed by atoms with Crippen LogP contribution >= 0.6 is 11.6 Å². The largest absolute Gasteiger partial charge is 0.492 e. The molecule has 0 saturated heterocycles. The second-order valence-electron chi connectivity index (χ2n) is 2.67. The first kappa shape index (κ1) is 12.1. The van der Waals surface area contributed by atoms with Crippen LogP contribution in [-0.2, 0) is 0 Å². The van der Waals surface area contributed by atoms with E-state index in [1.54, 1.807) is 0 Å². The van der Waals surface area contributed by atoms with E-state index < -0.39 is 4.92 Å². The minimum Gasteiger partial charge on any atom is -0.492 e. The van der Waals surface area contributed by atoms with E-state index in [0.29, 0.717) is 0 Å². The molecular weight excluding hydrogens is 236 g/mol. The number of ether oxygens (including phenoxy) is 1. The summed E-state index contributed by atoms with van der Waals surface area (Å²) in [4.78, 5) is 12.5. The van der Waals surface area contributed by atoms with E-state index in [1.165, 1.54) is 18.2 Å². The van der Waals surface area contributed by atoms with Crippen LogP contribution in [0, 0.1) is 10.1 Å². The van der Waals surface area contributed by atoms with Crippen LogP contribution in [0.15, 0.2) is 23.3 Å². The number of nitrogens with zero attached hydrogens (tertiary/aromatic N) is 4. The first-order chi connectivity index (χ1) is 7.65. The van der Waals surface area contributed by atoms with Crippen LogP contribution in [0.2, 0.25) is 5.02 Å². The van der Waals surface area contributed by atoms with Gasteiger partial charge < -0.3 is 4.74 Å². The molecule has 7 nitrogen and oxygen atoms in total. The van der Waals surface area contributed by atoms with Crippen molar-refractivity contribution >= 4 is 17.3 Å². The molecule has 0 heterocycles. The van der Waals surface area contributed by atoms with Gasteiger partial charge in [0, 0.05) is 11.0 Å². The quantitative estimate of drug-likeness (QED) is 0.198. The maximum Gasteiger partial charge on any atom is 0.273 e. The SMILES string of the molecule is [N-]=[N+]=NCCOc1cc([N+](=O)[O-])ccc1Cl. The van der Waals surface area contributed by atoms with Crippen LogP contribution < -0.4 is 4.74 Å². The Bertz CT molecular complexity index is 445. The number of nitro benzene ring substituents is 1. The van der Waals surface area contributed by atoms with Gasteiger partial charge >= 0.3 is 0 Å². The Balaban J connectivity index is 2.74. The molecule has 0 aliphatic rings. The van der Waals surface area contributed by atoms with Gasteiger partial charge in [-0.3, -0.25) is 10.1 Å². The van der Waals surface area contributed by atoms with Gasteiger partial charge in [-0.05, 0) is 11.6 Å². The zero-order valence-corrected chi connectivity index (χ0v) is 8.79. The normalized spacial score (nSPS) is 9.31. The summed E-state index contributed by atoms with van der Waals surface area (Å²) in [6, 6.07) is 3.88. The third kappa shape index (κ3) is 3.30. The van der Waals surface area contributed by atoms with E-state index in [1.807, 2.05) is 0 Å². The molecule has 0 aliphatic carbocycles. The molecule has 16 heavy (non-hydrogen) atoms. The number of hydrogen-bond donors (Lipinski definition) is 0. The number of benzene rings is 1. The van der Waals surface area contributed by atoms with Gasteiger partial charge in [0.15, 0.2) is 0 Å². The van der Waals surface area contributed by atoms with Gasteiger partial charge in [-0.1, -0.05) is 16.7 Å². The van der Waals surface area contributed by atoms with Gasteiger partial charge in [-0.2, -0.15) is 0 Å². The van der Waals surface area contributed by atoms with Gasteiger partial charge in [-0.25, -0.2) is 0 Å². The lowest BCUT2D eigenvalue weighted by Gasteiger charge is -2.05. The maximum absolute atomic E-state index is 10.5. The highest BCUT2D eigenvalue weighted by Crippen LogP contribution is 2.28. The number of halogens is 1. The third-order valence-corrected chi connectivity index (χ3v) is 1.95. The number of hydrogen-bond acceptors (Lipinski definition) is 4. The zero-order chi connectivity index (χ0) is 12.0. The highest BCUT2D eigenvalue weighted by atomic mass is 35.5. The third-order valence-electron chi connectivity index (χ3n) is 1.64. The molecule has 0 radical (unpaired) electrons. The van der Waals surface area contributed by atoms with E-state index in [0.717, 1.165) is 0 Å². The Morgan fingerprint density at radius 3 is 3.00 bits per heavy atom. The molecule has 0 fully saturated rings. The fourth-order valence-electron chi connectivity index (χ4n) is 0.957. The van der Waals surface area contributed by atoms with Crippen LogP contribution in [0.25, 0.3) is 10.4 Å². The average Bonchev–Trinajstić information content (AvgIpc) is 2.26. The molecule has 1 rings (SSSR count). The van der Waals surface area contributed by atoms with E-state index >= 15 is 0 Å². The minimum absolute atomic E-state index is 0.108.